The molecule has 0 fully saturated rings. The predicted molar refractivity (Wildman–Crippen MR) is 83.0 cm³/mol. The average Bonchev–Trinajstić information content (AvgIpc) is 2.78. The van der Waals surface area contributed by atoms with Crippen LogP contribution in [0.2, 0.25) is 0 Å². The number of nitrogens with zero attached hydrogens (tertiary/aromatic N) is 3. The van der Waals surface area contributed by atoms with E-state index in [1.54, 1.807) is 17.7 Å². The number of aryl methyl sites for hydroxylation is 2. The summed E-state index contributed by atoms with van der Waals surface area (Å²) in [6, 6.07) is 2.29. The first kappa shape index (κ1) is 12.0. The standard InChI is InChI=1S/C15H16N4S/c16-14-13-12(17-8-18-14)10-7-9-5-3-1-2-4-6-11(9)19-15(10)20-13/h7-8H,1-6H2,(H2,16,17,18). The Labute approximate surface area is 121 Å². The van der Waals surface area contributed by atoms with E-state index >= 15 is 0 Å². The summed E-state index contributed by atoms with van der Waals surface area (Å²) in [5.41, 5.74) is 9.58. The first-order chi connectivity index (χ1) is 9.83. The minimum absolute atomic E-state index is 0.561. The molecule has 0 unspecified atom stereocenters. The van der Waals surface area contributed by atoms with E-state index in [1.807, 2.05) is 0 Å². The number of rotatable bonds is 0. The number of anilines is 1. The molecule has 0 spiro atoms. The summed E-state index contributed by atoms with van der Waals surface area (Å²) in [5, 5.41) is 1.14. The Kier molecular flexibility index (Phi) is 2.80. The molecule has 20 heavy (non-hydrogen) atoms. The van der Waals surface area contributed by atoms with Gasteiger partial charge in [0.25, 0.3) is 0 Å². The van der Waals surface area contributed by atoms with Gasteiger partial charge < -0.3 is 5.73 Å². The molecule has 0 saturated carbocycles. The van der Waals surface area contributed by atoms with Crippen LogP contribution < -0.4 is 5.73 Å². The molecule has 0 radical (unpaired) electrons. The van der Waals surface area contributed by atoms with E-state index in [4.69, 9.17) is 10.7 Å². The summed E-state index contributed by atoms with van der Waals surface area (Å²) in [6.07, 6.45) is 8.94. The van der Waals surface area contributed by atoms with Gasteiger partial charge in [0.2, 0.25) is 0 Å². The van der Waals surface area contributed by atoms with E-state index in [2.05, 4.69) is 16.0 Å². The molecule has 5 heteroatoms. The molecule has 0 amide bonds. The minimum Gasteiger partial charge on any atom is -0.382 e. The second-order valence-electron chi connectivity index (χ2n) is 5.40. The summed E-state index contributed by atoms with van der Waals surface area (Å²) in [7, 11) is 0. The van der Waals surface area contributed by atoms with Crippen LogP contribution in [0.3, 0.4) is 0 Å². The molecule has 1 aliphatic carbocycles. The van der Waals surface area contributed by atoms with Crippen molar-refractivity contribution in [2.75, 3.05) is 5.73 Å². The molecule has 3 aromatic rings. The summed E-state index contributed by atoms with van der Waals surface area (Å²) in [4.78, 5) is 14.4. The molecule has 2 N–H and O–H groups in total. The van der Waals surface area contributed by atoms with Crippen molar-refractivity contribution in [2.24, 2.45) is 0 Å². The van der Waals surface area contributed by atoms with Gasteiger partial charge in [-0.1, -0.05) is 12.8 Å². The van der Waals surface area contributed by atoms with Crippen molar-refractivity contribution >= 4 is 37.6 Å². The highest BCUT2D eigenvalue weighted by Gasteiger charge is 2.15. The summed E-state index contributed by atoms with van der Waals surface area (Å²) < 4.78 is 0.966. The molecule has 1 aliphatic rings. The normalized spacial score (nSPS) is 16.0. The van der Waals surface area contributed by atoms with Crippen molar-refractivity contribution < 1.29 is 0 Å². The average molecular weight is 284 g/mol. The quantitative estimate of drug-likeness (QED) is 0.686. The molecule has 0 atom stereocenters. The lowest BCUT2D eigenvalue weighted by Gasteiger charge is -2.12. The Bertz CT molecular complexity index is 793. The number of pyridine rings is 1. The van der Waals surface area contributed by atoms with E-state index < -0.39 is 0 Å². The number of fused-ring (bicyclic) bond motifs is 4. The SMILES string of the molecule is Nc1ncnc2c1sc1nc3c(cc12)CCCCCC3. The maximum Gasteiger partial charge on any atom is 0.144 e. The Morgan fingerprint density at radius 3 is 2.80 bits per heavy atom. The highest BCUT2D eigenvalue weighted by Crippen LogP contribution is 2.35. The van der Waals surface area contributed by atoms with Gasteiger partial charge in [-0.05, 0) is 37.3 Å². The van der Waals surface area contributed by atoms with Crippen LogP contribution in [0.5, 0.6) is 0 Å². The Balaban J connectivity index is 2.00. The smallest absolute Gasteiger partial charge is 0.144 e. The van der Waals surface area contributed by atoms with Crippen LogP contribution in [0, 0.1) is 0 Å². The Morgan fingerprint density at radius 1 is 1.05 bits per heavy atom. The van der Waals surface area contributed by atoms with Crippen molar-refractivity contribution in [1.82, 2.24) is 15.0 Å². The molecule has 0 saturated heterocycles. The van der Waals surface area contributed by atoms with Gasteiger partial charge in [-0.15, -0.1) is 11.3 Å². The van der Waals surface area contributed by atoms with Gasteiger partial charge in [0.1, 0.15) is 17.0 Å². The van der Waals surface area contributed by atoms with Crippen LogP contribution in [0.1, 0.15) is 36.9 Å². The van der Waals surface area contributed by atoms with E-state index in [0.717, 1.165) is 33.3 Å². The summed E-state index contributed by atoms with van der Waals surface area (Å²) in [6.45, 7) is 0. The number of hydrogen-bond donors (Lipinski definition) is 1. The molecular weight excluding hydrogens is 268 g/mol. The molecule has 0 bridgehead atoms. The van der Waals surface area contributed by atoms with E-state index in [1.165, 1.54) is 36.9 Å². The van der Waals surface area contributed by atoms with Crippen LogP contribution >= 0.6 is 11.3 Å². The third kappa shape index (κ3) is 1.85. The van der Waals surface area contributed by atoms with Gasteiger partial charge in [0, 0.05) is 11.1 Å². The molecular formula is C15H16N4S. The second-order valence-corrected chi connectivity index (χ2v) is 6.40. The highest BCUT2D eigenvalue weighted by molar-refractivity contribution is 7.25. The molecule has 0 aromatic carbocycles. The van der Waals surface area contributed by atoms with Gasteiger partial charge in [-0.25, -0.2) is 15.0 Å². The fraction of sp³-hybridized carbons (Fsp3) is 0.400. The van der Waals surface area contributed by atoms with Gasteiger partial charge in [-0.3, -0.25) is 0 Å². The molecule has 3 heterocycles. The third-order valence-corrected chi connectivity index (χ3v) is 5.16. The summed E-state index contributed by atoms with van der Waals surface area (Å²) in [5.74, 6) is 0.561. The van der Waals surface area contributed by atoms with Gasteiger partial charge in [0.05, 0.1) is 10.2 Å². The lowest BCUT2D eigenvalue weighted by atomic mass is 9.96. The maximum absolute atomic E-state index is 5.96. The Morgan fingerprint density at radius 2 is 1.90 bits per heavy atom. The van der Waals surface area contributed by atoms with Crippen LogP contribution in [-0.2, 0) is 12.8 Å². The van der Waals surface area contributed by atoms with Crippen LogP contribution in [0.15, 0.2) is 12.4 Å². The van der Waals surface area contributed by atoms with Crippen molar-refractivity contribution in [3.05, 3.63) is 23.7 Å². The van der Waals surface area contributed by atoms with Gasteiger partial charge in [0.15, 0.2) is 0 Å². The number of nitrogen functional groups attached to an aromatic ring is 1. The van der Waals surface area contributed by atoms with Crippen molar-refractivity contribution in [1.29, 1.82) is 0 Å². The van der Waals surface area contributed by atoms with Crippen molar-refractivity contribution in [3.8, 4) is 0 Å². The van der Waals surface area contributed by atoms with E-state index in [9.17, 15) is 0 Å². The first-order valence-corrected chi connectivity index (χ1v) is 7.96. The topological polar surface area (TPSA) is 64.7 Å². The van der Waals surface area contributed by atoms with Crippen LogP contribution in [0.4, 0.5) is 5.82 Å². The molecule has 102 valence electrons. The lowest BCUT2D eigenvalue weighted by Crippen LogP contribution is -2.02. The minimum atomic E-state index is 0.561. The molecule has 4 nitrogen and oxygen atoms in total. The van der Waals surface area contributed by atoms with Gasteiger partial charge in [-0.2, -0.15) is 0 Å². The zero-order chi connectivity index (χ0) is 13.5. The predicted octanol–water partition coefficient (Wildman–Crippen LogP) is 3.48. The largest absolute Gasteiger partial charge is 0.382 e. The molecule has 3 aromatic heterocycles. The van der Waals surface area contributed by atoms with Crippen LogP contribution in [0.25, 0.3) is 20.4 Å². The second kappa shape index (κ2) is 4.66. The van der Waals surface area contributed by atoms with Crippen molar-refractivity contribution in [3.63, 3.8) is 0 Å². The van der Waals surface area contributed by atoms with E-state index in [0.29, 0.717) is 5.82 Å². The van der Waals surface area contributed by atoms with Crippen molar-refractivity contribution in [2.45, 2.75) is 38.5 Å². The maximum atomic E-state index is 5.96. The first-order valence-electron chi connectivity index (χ1n) is 7.14. The Hall–Kier alpha value is -1.75. The fourth-order valence-corrected chi connectivity index (χ4v) is 4.02. The monoisotopic (exact) mass is 284 g/mol. The lowest BCUT2D eigenvalue weighted by molar-refractivity contribution is 0.610. The third-order valence-electron chi connectivity index (χ3n) is 4.05. The number of nitrogens with two attached hydrogens (primary N) is 1. The molecule has 4 rings (SSSR count). The number of hydrogen-bond acceptors (Lipinski definition) is 5. The summed E-state index contributed by atoms with van der Waals surface area (Å²) >= 11 is 1.61. The van der Waals surface area contributed by atoms with Crippen LogP contribution in [-0.4, -0.2) is 15.0 Å². The molecule has 0 aliphatic heterocycles. The zero-order valence-electron chi connectivity index (χ0n) is 11.2. The van der Waals surface area contributed by atoms with Gasteiger partial charge >= 0.3 is 0 Å². The number of thiophene rings is 1. The number of aromatic nitrogens is 3. The zero-order valence-corrected chi connectivity index (χ0v) is 12.0. The highest BCUT2D eigenvalue weighted by atomic mass is 32.1. The fourth-order valence-electron chi connectivity index (χ4n) is 2.99. The van der Waals surface area contributed by atoms with E-state index in [-0.39, 0.29) is 0 Å².